The molecule has 0 bridgehead atoms. The minimum atomic E-state index is -4.61. The van der Waals surface area contributed by atoms with Gasteiger partial charge in [-0.2, -0.15) is 18.4 Å². The number of nitriles is 1. The fourth-order valence-corrected chi connectivity index (χ4v) is 4.99. The molecule has 2 heterocycles. The number of hydrogen-bond acceptors (Lipinski definition) is 8. The molecule has 11 nitrogen and oxygen atoms in total. The topological polar surface area (TPSA) is 144 Å². The Balaban J connectivity index is 0.000000323. The fourth-order valence-electron chi connectivity index (χ4n) is 4.71. The quantitative estimate of drug-likeness (QED) is 0.271. The number of anilines is 2. The number of piperazine rings is 1. The van der Waals surface area contributed by atoms with E-state index in [1.807, 2.05) is 6.07 Å². The highest BCUT2D eigenvalue weighted by Gasteiger charge is 2.38. The second kappa shape index (κ2) is 14.0. The van der Waals surface area contributed by atoms with Gasteiger partial charge >= 0.3 is 6.18 Å². The Hall–Kier alpha value is -5.33. The van der Waals surface area contributed by atoms with Crippen molar-refractivity contribution in [3.05, 3.63) is 99.1 Å². The van der Waals surface area contributed by atoms with Crippen LogP contribution >= 0.6 is 11.6 Å². The standard InChI is InChI=1S/C22H17ClF3N5O3.C9H11FN2O/c1-34-18-5-2-12(8-13(18)10-27)20(32)29-17-11-28-31-7-6-30(21(33)19(17)31)14-3-4-15(16(23)9-14)22(24,25)26;1-12(2)9(13)7-4-3-6(11)5-8(7)10/h2-5,8-9,28H,6-7,11H2,1H3,(H,29,32);3-5H,11H2,1-2H3. The maximum Gasteiger partial charge on any atom is 0.417 e. The number of carbonyl (C=O) groups excluding carboxylic acids is 3. The number of amides is 3. The summed E-state index contributed by atoms with van der Waals surface area (Å²) in [5.74, 6) is -1.66. The normalized spacial score (nSPS) is 14.1. The molecule has 47 heavy (non-hydrogen) atoms. The number of ether oxygens (including phenoxy) is 1. The van der Waals surface area contributed by atoms with Crippen LogP contribution in [0.25, 0.3) is 0 Å². The summed E-state index contributed by atoms with van der Waals surface area (Å²) in [4.78, 5) is 39.9. The zero-order chi connectivity index (χ0) is 34.6. The average molecular weight is 674 g/mol. The second-order valence-corrected chi connectivity index (χ2v) is 10.8. The van der Waals surface area contributed by atoms with Crippen LogP contribution in [0.3, 0.4) is 0 Å². The van der Waals surface area contributed by atoms with Crippen LogP contribution in [0.15, 0.2) is 66.0 Å². The third kappa shape index (κ3) is 7.56. The summed E-state index contributed by atoms with van der Waals surface area (Å²) in [5, 5.41) is 13.0. The summed E-state index contributed by atoms with van der Waals surface area (Å²) in [6.07, 6.45) is -4.61. The summed E-state index contributed by atoms with van der Waals surface area (Å²) < 4.78 is 57.3. The van der Waals surface area contributed by atoms with Crippen LogP contribution < -0.4 is 26.1 Å². The van der Waals surface area contributed by atoms with Crippen molar-refractivity contribution >= 4 is 40.7 Å². The average Bonchev–Trinajstić information content (AvgIpc) is 3.43. The van der Waals surface area contributed by atoms with Gasteiger partial charge in [0.25, 0.3) is 17.7 Å². The minimum Gasteiger partial charge on any atom is -0.495 e. The van der Waals surface area contributed by atoms with Crippen molar-refractivity contribution in [3.8, 4) is 11.8 Å². The lowest BCUT2D eigenvalue weighted by molar-refractivity contribution is -0.137. The largest absolute Gasteiger partial charge is 0.495 e. The molecule has 4 N–H and O–H groups in total. The molecule has 1 saturated heterocycles. The number of nitrogens with one attached hydrogen (secondary N) is 2. The predicted molar refractivity (Wildman–Crippen MR) is 165 cm³/mol. The van der Waals surface area contributed by atoms with E-state index in [9.17, 15) is 37.2 Å². The molecule has 0 spiro atoms. The highest BCUT2D eigenvalue weighted by atomic mass is 35.5. The van der Waals surface area contributed by atoms with Gasteiger partial charge in [-0.1, -0.05) is 11.6 Å². The number of nitrogen functional groups attached to an aromatic ring is 1. The van der Waals surface area contributed by atoms with E-state index in [4.69, 9.17) is 22.1 Å². The number of nitrogens with zero attached hydrogens (tertiary/aromatic N) is 4. The van der Waals surface area contributed by atoms with Crippen molar-refractivity contribution in [1.29, 1.82) is 5.26 Å². The maximum atomic E-state index is 13.2. The Bertz CT molecular complexity index is 1810. The van der Waals surface area contributed by atoms with E-state index in [2.05, 4.69) is 10.7 Å². The van der Waals surface area contributed by atoms with E-state index in [1.165, 1.54) is 53.3 Å². The van der Waals surface area contributed by atoms with E-state index in [1.54, 1.807) is 19.1 Å². The van der Waals surface area contributed by atoms with Gasteiger partial charge in [0.1, 0.15) is 23.3 Å². The fraction of sp³-hybridized carbons (Fsp3) is 0.226. The number of halogens is 5. The van der Waals surface area contributed by atoms with E-state index in [0.29, 0.717) is 23.7 Å². The number of benzene rings is 3. The first-order valence-corrected chi connectivity index (χ1v) is 14.1. The zero-order valence-corrected chi connectivity index (χ0v) is 26.0. The van der Waals surface area contributed by atoms with Crippen molar-refractivity contribution in [3.63, 3.8) is 0 Å². The van der Waals surface area contributed by atoms with Crippen LogP contribution in [0.1, 0.15) is 31.8 Å². The Morgan fingerprint density at radius 1 is 1.11 bits per heavy atom. The van der Waals surface area contributed by atoms with Crippen LogP contribution in [-0.2, 0) is 11.0 Å². The lowest BCUT2D eigenvalue weighted by Gasteiger charge is -2.34. The van der Waals surface area contributed by atoms with Gasteiger partial charge in [-0.15, -0.1) is 0 Å². The summed E-state index contributed by atoms with van der Waals surface area (Å²) in [6, 6.07) is 13.4. The van der Waals surface area contributed by atoms with Crippen LogP contribution in [0.5, 0.6) is 5.75 Å². The Labute approximate surface area is 271 Å². The van der Waals surface area contributed by atoms with Gasteiger partial charge in [0.15, 0.2) is 0 Å². The van der Waals surface area contributed by atoms with Crippen LogP contribution in [0, 0.1) is 17.1 Å². The summed E-state index contributed by atoms with van der Waals surface area (Å²) in [7, 11) is 4.54. The van der Waals surface area contributed by atoms with Gasteiger partial charge < -0.3 is 25.6 Å². The number of hydrogen-bond donors (Lipinski definition) is 3. The number of rotatable bonds is 5. The minimum absolute atomic E-state index is 0.0409. The summed E-state index contributed by atoms with van der Waals surface area (Å²) in [6.45, 7) is 0.693. The molecule has 0 saturated carbocycles. The highest BCUT2D eigenvalue weighted by Crippen LogP contribution is 2.37. The van der Waals surface area contributed by atoms with Crippen molar-refractivity contribution < 1.29 is 36.7 Å². The van der Waals surface area contributed by atoms with Crippen molar-refractivity contribution in [1.82, 2.24) is 20.7 Å². The highest BCUT2D eigenvalue weighted by molar-refractivity contribution is 6.31. The lowest BCUT2D eigenvalue weighted by atomic mass is 10.1. The Morgan fingerprint density at radius 2 is 1.83 bits per heavy atom. The van der Waals surface area contributed by atoms with Gasteiger partial charge in [-0.05, 0) is 54.6 Å². The molecule has 0 unspecified atom stereocenters. The second-order valence-electron chi connectivity index (χ2n) is 10.4. The molecular formula is C31H28ClF4N7O4. The number of methoxy groups -OCH3 is 1. The molecule has 3 amide bonds. The molecule has 2 aliphatic rings. The predicted octanol–water partition coefficient (Wildman–Crippen LogP) is 4.16. The van der Waals surface area contributed by atoms with Gasteiger partial charge in [0.05, 0.1) is 47.6 Å². The molecular weight excluding hydrogens is 646 g/mol. The SMILES string of the molecule is CN(C)C(=O)c1ccc(N)cc1F.COc1ccc(C(=O)NC2=C3C(=O)N(c4ccc(C(F)(F)F)c(Cl)c4)CCN3NC2)cc1C#N. The molecule has 2 aliphatic heterocycles. The number of nitrogens with two attached hydrogens (primary N) is 1. The maximum absolute atomic E-state index is 13.2. The van der Waals surface area contributed by atoms with Crippen LogP contribution in [-0.4, -0.2) is 68.5 Å². The summed E-state index contributed by atoms with van der Waals surface area (Å²) in [5.41, 5.74) is 8.75. The molecule has 0 aromatic heterocycles. The van der Waals surface area contributed by atoms with Gasteiger partial charge in [-0.3, -0.25) is 19.4 Å². The lowest BCUT2D eigenvalue weighted by Crippen LogP contribution is -2.50. The smallest absolute Gasteiger partial charge is 0.417 e. The first kappa shape index (κ1) is 34.5. The molecule has 0 atom stereocenters. The van der Waals surface area contributed by atoms with Gasteiger partial charge in [-0.25, -0.2) is 9.82 Å². The monoisotopic (exact) mass is 673 g/mol. The van der Waals surface area contributed by atoms with Crippen molar-refractivity contribution in [2.75, 3.05) is 51.5 Å². The third-order valence-corrected chi connectivity index (χ3v) is 7.36. The first-order chi connectivity index (χ1) is 22.2. The number of fused-ring (bicyclic) bond motifs is 1. The van der Waals surface area contributed by atoms with Gasteiger partial charge in [0, 0.05) is 37.6 Å². The number of alkyl halides is 3. The molecule has 3 aromatic carbocycles. The van der Waals surface area contributed by atoms with Crippen LogP contribution in [0.4, 0.5) is 28.9 Å². The zero-order valence-electron chi connectivity index (χ0n) is 25.2. The van der Waals surface area contributed by atoms with Crippen LogP contribution in [0.2, 0.25) is 5.02 Å². The Morgan fingerprint density at radius 3 is 2.43 bits per heavy atom. The Kier molecular flexibility index (Phi) is 10.3. The van der Waals surface area contributed by atoms with E-state index < -0.39 is 34.4 Å². The molecule has 1 fully saturated rings. The van der Waals surface area contributed by atoms with E-state index >= 15 is 0 Å². The molecule has 0 aliphatic carbocycles. The van der Waals surface area contributed by atoms with Gasteiger partial charge in [0.2, 0.25) is 0 Å². The molecule has 16 heteroatoms. The number of carbonyl (C=O) groups is 3. The third-order valence-electron chi connectivity index (χ3n) is 7.04. The molecule has 3 aromatic rings. The molecule has 5 rings (SSSR count). The van der Waals surface area contributed by atoms with E-state index in [-0.39, 0.29) is 47.1 Å². The first-order valence-electron chi connectivity index (χ1n) is 13.7. The van der Waals surface area contributed by atoms with E-state index in [0.717, 1.165) is 18.2 Å². The molecule has 0 radical (unpaired) electrons. The molecule has 246 valence electrons. The summed E-state index contributed by atoms with van der Waals surface area (Å²) >= 11 is 5.82. The van der Waals surface area contributed by atoms with Crippen molar-refractivity contribution in [2.24, 2.45) is 0 Å². The number of hydrazine groups is 1. The van der Waals surface area contributed by atoms with Crippen molar-refractivity contribution in [2.45, 2.75) is 6.18 Å².